The summed E-state index contributed by atoms with van der Waals surface area (Å²) >= 11 is 12.3. The van der Waals surface area contributed by atoms with Crippen LogP contribution in [0, 0.1) is 6.92 Å². The quantitative estimate of drug-likeness (QED) is 0.599. The Bertz CT molecular complexity index is 786. The lowest BCUT2D eigenvalue weighted by atomic mass is 10.1. The van der Waals surface area contributed by atoms with Crippen LogP contribution < -0.4 is 0 Å². The molecule has 0 aliphatic heterocycles. The van der Waals surface area contributed by atoms with E-state index >= 15 is 0 Å². The van der Waals surface area contributed by atoms with Crippen molar-refractivity contribution in [2.75, 3.05) is 0 Å². The molecule has 21 heavy (non-hydrogen) atoms. The number of imidazole rings is 1. The van der Waals surface area contributed by atoms with Gasteiger partial charge in [0.05, 0.1) is 5.69 Å². The van der Waals surface area contributed by atoms with E-state index in [4.69, 9.17) is 23.2 Å². The maximum absolute atomic E-state index is 6.16. The van der Waals surface area contributed by atoms with E-state index in [9.17, 15) is 0 Å². The number of nitrogens with zero attached hydrogens (tertiary/aromatic N) is 2. The van der Waals surface area contributed by atoms with Crippen LogP contribution in [0.25, 0.3) is 17.8 Å². The van der Waals surface area contributed by atoms with Gasteiger partial charge in [-0.1, -0.05) is 41.4 Å². The summed E-state index contributed by atoms with van der Waals surface area (Å²) < 4.78 is 2.00. The molecule has 0 aliphatic carbocycles. The molecule has 0 saturated heterocycles. The summed E-state index contributed by atoms with van der Waals surface area (Å²) in [7, 11) is 0. The fraction of sp³-hybridized carbons (Fsp3) is 0.0625. The van der Waals surface area contributed by atoms with E-state index in [0.717, 1.165) is 22.5 Å². The highest BCUT2D eigenvalue weighted by Crippen LogP contribution is 2.26. The van der Waals surface area contributed by atoms with Gasteiger partial charge in [-0.3, -0.25) is 0 Å². The van der Waals surface area contributed by atoms with Crippen LogP contribution in [0.1, 0.15) is 16.8 Å². The maximum atomic E-state index is 6.16. The molecule has 0 spiro atoms. The zero-order valence-electron chi connectivity index (χ0n) is 11.3. The molecule has 0 saturated carbocycles. The zero-order valence-corrected chi connectivity index (χ0v) is 13.6. The Balaban J connectivity index is 0.00000161. The van der Waals surface area contributed by atoms with E-state index in [1.54, 1.807) is 0 Å². The Kier molecular flexibility index (Phi) is 4.94. The largest absolute Gasteiger partial charge is 0.306 e. The second-order valence-electron chi connectivity index (χ2n) is 4.55. The molecule has 5 heteroatoms. The van der Waals surface area contributed by atoms with E-state index in [2.05, 4.69) is 4.98 Å². The number of rotatable bonds is 2. The van der Waals surface area contributed by atoms with Gasteiger partial charge in [0.15, 0.2) is 0 Å². The van der Waals surface area contributed by atoms with Crippen molar-refractivity contribution in [3.63, 3.8) is 0 Å². The first-order valence-electron chi connectivity index (χ1n) is 6.21. The average Bonchev–Trinajstić information content (AvgIpc) is 2.79. The third-order valence-corrected chi connectivity index (χ3v) is 3.72. The number of aryl methyl sites for hydroxylation is 1. The van der Waals surface area contributed by atoms with Crippen LogP contribution in [0.5, 0.6) is 0 Å². The number of fused-ring (bicyclic) bond motifs is 1. The van der Waals surface area contributed by atoms with E-state index < -0.39 is 0 Å². The fourth-order valence-corrected chi connectivity index (χ4v) is 2.65. The lowest BCUT2D eigenvalue weighted by Gasteiger charge is -2.01. The molecule has 0 aliphatic rings. The Morgan fingerprint density at radius 2 is 1.76 bits per heavy atom. The molecule has 0 amide bonds. The average molecular weight is 340 g/mol. The third kappa shape index (κ3) is 3.24. The number of hydrogen-bond donors (Lipinski definition) is 0. The Hall–Kier alpha value is -1.48. The normalized spacial score (nSPS) is 11.0. The molecular weight excluding hydrogens is 327 g/mol. The lowest BCUT2D eigenvalue weighted by Crippen LogP contribution is -1.85. The summed E-state index contributed by atoms with van der Waals surface area (Å²) in [5.74, 6) is 0. The standard InChI is InChI=1S/C16H12Cl2N2.ClH/c1-11-10-20-9-3-4-12(16(20)19-11)7-8-13-14(17)5-2-6-15(13)18;/h2-10H,1H3;1H. The van der Waals surface area contributed by atoms with Crippen LogP contribution in [0.4, 0.5) is 0 Å². The molecule has 2 nitrogen and oxygen atoms in total. The van der Waals surface area contributed by atoms with Gasteiger partial charge in [-0.25, -0.2) is 4.98 Å². The third-order valence-electron chi connectivity index (χ3n) is 3.06. The molecule has 3 rings (SSSR count). The van der Waals surface area contributed by atoms with E-state index in [1.807, 2.05) is 66.2 Å². The first-order valence-corrected chi connectivity index (χ1v) is 6.97. The predicted molar refractivity (Wildman–Crippen MR) is 92.6 cm³/mol. The van der Waals surface area contributed by atoms with Crippen LogP contribution >= 0.6 is 35.6 Å². The number of pyridine rings is 1. The minimum atomic E-state index is 0. The summed E-state index contributed by atoms with van der Waals surface area (Å²) in [5.41, 5.74) is 3.75. The first-order chi connectivity index (χ1) is 9.65. The van der Waals surface area contributed by atoms with Gasteiger partial charge in [-0.2, -0.15) is 0 Å². The Morgan fingerprint density at radius 3 is 2.48 bits per heavy atom. The van der Waals surface area contributed by atoms with Gasteiger partial charge in [0, 0.05) is 33.6 Å². The molecule has 0 radical (unpaired) electrons. The molecule has 2 aromatic heterocycles. The predicted octanol–water partition coefficient (Wildman–Crippen LogP) is 5.54. The summed E-state index contributed by atoms with van der Waals surface area (Å²) in [6.07, 6.45) is 7.88. The van der Waals surface area contributed by atoms with Crippen LogP contribution in [-0.4, -0.2) is 9.38 Å². The summed E-state index contributed by atoms with van der Waals surface area (Å²) in [6.45, 7) is 1.98. The van der Waals surface area contributed by atoms with Gasteiger partial charge in [-0.05, 0) is 31.2 Å². The molecule has 3 aromatic rings. The smallest absolute Gasteiger partial charge is 0.144 e. The monoisotopic (exact) mass is 338 g/mol. The van der Waals surface area contributed by atoms with Gasteiger partial charge in [0.25, 0.3) is 0 Å². The van der Waals surface area contributed by atoms with Crippen LogP contribution in [-0.2, 0) is 0 Å². The van der Waals surface area contributed by atoms with Crippen LogP contribution in [0.2, 0.25) is 10.0 Å². The van der Waals surface area contributed by atoms with E-state index in [0.29, 0.717) is 10.0 Å². The van der Waals surface area contributed by atoms with Crippen molar-refractivity contribution in [3.8, 4) is 0 Å². The summed E-state index contributed by atoms with van der Waals surface area (Å²) in [6, 6.07) is 9.49. The van der Waals surface area contributed by atoms with E-state index in [1.165, 1.54) is 0 Å². The van der Waals surface area contributed by atoms with Gasteiger partial charge in [-0.15, -0.1) is 12.4 Å². The molecule has 0 atom stereocenters. The topological polar surface area (TPSA) is 17.3 Å². The molecular formula is C16H13Cl3N2. The van der Waals surface area contributed by atoms with Crippen molar-refractivity contribution in [2.45, 2.75) is 6.92 Å². The second kappa shape index (κ2) is 6.52. The number of halogens is 3. The zero-order chi connectivity index (χ0) is 14.1. The number of hydrogen-bond acceptors (Lipinski definition) is 1. The maximum Gasteiger partial charge on any atom is 0.144 e. The van der Waals surface area contributed by atoms with Crippen molar-refractivity contribution >= 4 is 53.4 Å². The molecule has 108 valence electrons. The molecule has 2 heterocycles. The highest BCUT2D eigenvalue weighted by atomic mass is 35.5. The van der Waals surface area contributed by atoms with Gasteiger partial charge in [0.1, 0.15) is 5.65 Å². The molecule has 1 aromatic carbocycles. The van der Waals surface area contributed by atoms with Crippen molar-refractivity contribution in [2.24, 2.45) is 0 Å². The Morgan fingerprint density at radius 1 is 1.05 bits per heavy atom. The summed E-state index contributed by atoms with van der Waals surface area (Å²) in [5, 5.41) is 1.28. The second-order valence-corrected chi connectivity index (χ2v) is 5.36. The Labute approximate surface area is 139 Å². The highest BCUT2D eigenvalue weighted by molar-refractivity contribution is 6.37. The minimum Gasteiger partial charge on any atom is -0.306 e. The highest BCUT2D eigenvalue weighted by Gasteiger charge is 2.04. The fourth-order valence-electron chi connectivity index (χ4n) is 2.13. The lowest BCUT2D eigenvalue weighted by molar-refractivity contribution is 1.18. The first kappa shape index (κ1) is 15.9. The molecule has 0 fully saturated rings. The van der Waals surface area contributed by atoms with Crippen molar-refractivity contribution in [3.05, 3.63) is 69.6 Å². The molecule has 0 N–H and O–H groups in total. The van der Waals surface area contributed by atoms with Gasteiger partial charge < -0.3 is 4.40 Å². The molecule has 0 bridgehead atoms. The van der Waals surface area contributed by atoms with Crippen LogP contribution in [0.15, 0.2) is 42.7 Å². The van der Waals surface area contributed by atoms with Gasteiger partial charge in [0.2, 0.25) is 0 Å². The van der Waals surface area contributed by atoms with Crippen molar-refractivity contribution in [1.82, 2.24) is 9.38 Å². The van der Waals surface area contributed by atoms with Gasteiger partial charge >= 0.3 is 0 Å². The van der Waals surface area contributed by atoms with Crippen LogP contribution in [0.3, 0.4) is 0 Å². The van der Waals surface area contributed by atoms with Crippen molar-refractivity contribution in [1.29, 1.82) is 0 Å². The van der Waals surface area contributed by atoms with Crippen molar-refractivity contribution < 1.29 is 0 Å². The minimum absolute atomic E-state index is 0. The number of aromatic nitrogens is 2. The SMILES string of the molecule is Cc1cn2cccc(C=Cc3c(Cl)cccc3Cl)c2n1.Cl. The summed E-state index contributed by atoms with van der Waals surface area (Å²) in [4.78, 5) is 4.52. The molecule has 0 unspecified atom stereocenters. The number of benzene rings is 1. The van der Waals surface area contributed by atoms with E-state index in [-0.39, 0.29) is 12.4 Å².